The first kappa shape index (κ1) is 87.6. The summed E-state index contributed by atoms with van der Waals surface area (Å²) >= 11 is 0. The fourth-order valence-corrected chi connectivity index (χ4v) is 11.5. The molecule has 0 aromatic carbocycles. The molecule has 0 radical (unpaired) electrons. The molecule has 0 saturated carbocycles. The number of likely N-dealkylation sites (N-methyl/N-ethyl adjacent to an activating group) is 1. The second kappa shape index (κ2) is 70.9. The third-order valence-electron chi connectivity index (χ3n) is 16.6. The highest BCUT2D eigenvalue weighted by Gasteiger charge is 2.28. The van der Waals surface area contributed by atoms with Crippen LogP contribution in [0.4, 0.5) is 0 Å². The molecule has 0 aliphatic heterocycles. The van der Waals surface area contributed by atoms with Crippen molar-refractivity contribution in [3.05, 3.63) is 134 Å². The summed E-state index contributed by atoms with van der Waals surface area (Å²) in [4.78, 5) is 23.5. The number of rotatable bonds is 69. The summed E-state index contributed by atoms with van der Waals surface area (Å²) in [7, 11) is 1.54. The Balaban J connectivity index is 4.08. The smallest absolute Gasteiger partial charge is 0.387 e. The number of unbranched alkanes of at least 4 members (excludes halogenated alkanes) is 36. The van der Waals surface area contributed by atoms with Gasteiger partial charge in [-0.1, -0.05) is 347 Å². The Morgan fingerprint density at radius 2 is 0.670 bits per heavy atom. The molecule has 0 saturated heterocycles. The van der Waals surface area contributed by atoms with E-state index in [0.717, 1.165) is 96.3 Å². The van der Waals surface area contributed by atoms with Gasteiger partial charge in [0.05, 0.1) is 39.9 Å². The summed E-state index contributed by atoms with van der Waals surface area (Å²) in [5.41, 5.74) is 0. The highest BCUT2D eigenvalue weighted by Crippen LogP contribution is 2.43. The van der Waals surface area contributed by atoms with Crippen molar-refractivity contribution in [2.24, 2.45) is 0 Å². The molecular weight excluding hydrogens is 1140 g/mol. The van der Waals surface area contributed by atoms with Crippen molar-refractivity contribution in [1.82, 2.24) is 5.32 Å². The average Bonchev–Trinajstić information content (AvgIpc) is 3.59. The van der Waals surface area contributed by atoms with Crippen LogP contribution >= 0.6 is 7.82 Å². The third-order valence-corrected chi connectivity index (χ3v) is 17.6. The Hall–Kier alpha value is -3.36. The van der Waals surface area contributed by atoms with Crippen LogP contribution in [-0.4, -0.2) is 73.4 Å². The molecule has 0 fully saturated rings. The lowest BCUT2D eigenvalue weighted by atomic mass is 10.0. The van der Waals surface area contributed by atoms with Crippen LogP contribution in [0.2, 0.25) is 0 Å². The standard InChI is InChI=1S/C82H145N2O6P/c1-6-8-10-12-14-16-18-20-22-24-26-28-30-32-34-36-37-38-39-40-41-42-43-44-45-46-47-48-50-52-54-56-58-60-62-64-66-68-70-72-74-76-82(86)83-80(79-90-91(87,88)89-78-77-84(3,4)5)81(85)75-73-71-69-67-65-63-61-59-57-55-53-51-49-35-33-31-29-27-25-23-21-19-17-15-13-11-9-7-2/h8,10,14,16,20,22,26,28,32,34,37-38,40-41,43-44,57,59,65,67,73,75,80-81,85H,6-7,9,11-13,15,17-19,21,23-25,27,29-31,33,35-36,39,42,45-56,58,60-64,66,68-72,74,76-79H2,1-5H3,(H-,83,86,87,88)/p+1/b10-8-,16-14-,22-20-,28-26-,34-32-,38-37-,41-40-,44-43-,59-57+,67-65+,75-73+. The molecule has 0 heterocycles. The van der Waals surface area contributed by atoms with E-state index in [9.17, 15) is 19.4 Å². The number of nitrogens with zero attached hydrogens (tertiary/aromatic N) is 1. The van der Waals surface area contributed by atoms with Crippen molar-refractivity contribution in [2.45, 2.75) is 341 Å². The van der Waals surface area contributed by atoms with Gasteiger partial charge in [-0.05, 0) is 109 Å². The minimum absolute atomic E-state index is 0.0494. The quantitative estimate of drug-likeness (QED) is 0.0243. The van der Waals surface area contributed by atoms with E-state index in [0.29, 0.717) is 17.4 Å². The number of hydrogen-bond acceptors (Lipinski definition) is 5. The molecule has 8 nitrogen and oxygen atoms in total. The van der Waals surface area contributed by atoms with Crippen molar-refractivity contribution in [2.75, 3.05) is 40.9 Å². The molecule has 3 N–H and O–H groups in total. The zero-order valence-corrected chi connectivity index (χ0v) is 60.9. The van der Waals surface area contributed by atoms with Crippen LogP contribution < -0.4 is 5.32 Å². The topological polar surface area (TPSA) is 105 Å². The van der Waals surface area contributed by atoms with Crippen molar-refractivity contribution in [1.29, 1.82) is 0 Å². The van der Waals surface area contributed by atoms with E-state index in [4.69, 9.17) is 9.05 Å². The number of aliphatic hydroxyl groups excluding tert-OH is 1. The van der Waals surface area contributed by atoms with Gasteiger partial charge in [-0.3, -0.25) is 13.8 Å². The largest absolute Gasteiger partial charge is 0.472 e. The van der Waals surface area contributed by atoms with E-state index in [1.807, 2.05) is 27.2 Å². The van der Waals surface area contributed by atoms with Crippen LogP contribution in [0.3, 0.4) is 0 Å². The molecule has 3 atom stereocenters. The Morgan fingerprint density at radius 1 is 0.385 bits per heavy atom. The molecule has 1 amide bonds. The molecule has 9 heteroatoms. The number of nitrogens with one attached hydrogen (secondary N) is 1. The summed E-state index contributed by atoms with van der Waals surface area (Å²) in [5.74, 6) is -0.191. The van der Waals surface area contributed by atoms with Gasteiger partial charge in [0, 0.05) is 6.42 Å². The number of phosphoric ester groups is 1. The van der Waals surface area contributed by atoms with Gasteiger partial charge in [0.15, 0.2) is 0 Å². The summed E-state index contributed by atoms with van der Waals surface area (Å²) in [6, 6.07) is -0.879. The first-order valence-corrected chi connectivity index (χ1v) is 39.6. The Labute approximate surface area is 564 Å². The maximum absolute atomic E-state index is 13.1. The maximum atomic E-state index is 13.1. The highest BCUT2D eigenvalue weighted by atomic mass is 31.2. The number of allylic oxidation sites excluding steroid dienone is 21. The van der Waals surface area contributed by atoms with Gasteiger partial charge >= 0.3 is 7.82 Å². The molecule has 0 bridgehead atoms. The first-order chi connectivity index (χ1) is 44.5. The molecule has 0 spiro atoms. The summed E-state index contributed by atoms with van der Waals surface area (Å²) in [6.45, 7) is 4.70. The second-order valence-corrected chi connectivity index (χ2v) is 28.1. The zero-order valence-electron chi connectivity index (χ0n) is 60.0. The van der Waals surface area contributed by atoms with Gasteiger partial charge in [0.25, 0.3) is 0 Å². The van der Waals surface area contributed by atoms with E-state index < -0.39 is 20.0 Å². The lowest BCUT2D eigenvalue weighted by Crippen LogP contribution is -2.45. The molecule has 0 aromatic heterocycles. The average molecular weight is 1290 g/mol. The number of carbonyl (C=O) groups excluding carboxylic acids is 1. The third kappa shape index (κ3) is 73.9. The number of hydrogen-bond donors (Lipinski definition) is 3. The molecule has 524 valence electrons. The van der Waals surface area contributed by atoms with Crippen molar-refractivity contribution < 1.29 is 32.9 Å². The van der Waals surface area contributed by atoms with E-state index in [1.165, 1.54) is 212 Å². The fourth-order valence-electron chi connectivity index (χ4n) is 10.7. The molecule has 0 aliphatic rings. The summed E-state index contributed by atoms with van der Waals surface area (Å²) < 4.78 is 23.8. The SMILES string of the molecule is CC/C=C\C/C=C\C/C=C\C/C=C\C/C=C\C/C=C\C/C=C\C/C=C\CCCCCCCCCCCCCCCCCCC(=O)NC(COP(=O)(O)OCC[N+](C)(C)C)C(O)/C=C/CC/C=C/CC/C=C/CCCCCCCCCCCCCCCCCCCC. The van der Waals surface area contributed by atoms with Crippen molar-refractivity contribution in [3.8, 4) is 0 Å². The number of amides is 1. The van der Waals surface area contributed by atoms with E-state index >= 15 is 0 Å². The number of quaternary nitrogens is 1. The lowest BCUT2D eigenvalue weighted by molar-refractivity contribution is -0.870. The van der Waals surface area contributed by atoms with E-state index in [1.54, 1.807) is 6.08 Å². The van der Waals surface area contributed by atoms with E-state index in [2.05, 4.69) is 141 Å². The zero-order chi connectivity index (χ0) is 66.2. The normalized spacial score (nSPS) is 14.3. The van der Waals surface area contributed by atoms with Crippen LogP contribution in [0.5, 0.6) is 0 Å². The molecule has 91 heavy (non-hydrogen) atoms. The number of carbonyl (C=O) groups is 1. The molecule has 3 unspecified atom stereocenters. The molecule has 0 rings (SSSR count). The minimum Gasteiger partial charge on any atom is -0.387 e. The van der Waals surface area contributed by atoms with Gasteiger partial charge < -0.3 is 19.8 Å². The van der Waals surface area contributed by atoms with Crippen LogP contribution in [0.25, 0.3) is 0 Å². The summed E-state index contributed by atoms with van der Waals surface area (Å²) in [5, 5.41) is 14.0. The highest BCUT2D eigenvalue weighted by molar-refractivity contribution is 7.47. The second-order valence-electron chi connectivity index (χ2n) is 26.6. The monoisotopic (exact) mass is 1290 g/mol. The van der Waals surface area contributed by atoms with Crippen LogP contribution in [0, 0.1) is 0 Å². The predicted octanol–water partition coefficient (Wildman–Crippen LogP) is 24.9. The Bertz CT molecular complexity index is 1950. The summed E-state index contributed by atoms with van der Waals surface area (Å²) in [6.07, 6.45) is 108. The number of phosphoric acid groups is 1. The van der Waals surface area contributed by atoms with Crippen LogP contribution in [0.1, 0.15) is 328 Å². The molecule has 0 aromatic rings. The lowest BCUT2D eigenvalue weighted by Gasteiger charge is -2.25. The minimum atomic E-state index is -4.37. The van der Waals surface area contributed by atoms with Gasteiger partial charge in [0.2, 0.25) is 5.91 Å². The van der Waals surface area contributed by atoms with Crippen LogP contribution in [-0.2, 0) is 18.4 Å². The first-order valence-electron chi connectivity index (χ1n) is 38.1. The fraction of sp³-hybridized carbons (Fsp3) is 0.720. The van der Waals surface area contributed by atoms with Crippen LogP contribution in [0.15, 0.2) is 134 Å². The molecule has 0 aliphatic carbocycles. The predicted molar refractivity (Wildman–Crippen MR) is 401 cm³/mol. The van der Waals surface area contributed by atoms with Gasteiger partial charge in [-0.2, -0.15) is 0 Å². The van der Waals surface area contributed by atoms with Gasteiger partial charge in [-0.15, -0.1) is 0 Å². The Morgan fingerprint density at radius 3 is 1.01 bits per heavy atom. The van der Waals surface area contributed by atoms with Crippen molar-refractivity contribution in [3.63, 3.8) is 0 Å². The van der Waals surface area contributed by atoms with Gasteiger partial charge in [0.1, 0.15) is 13.2 Å². The van der Waals surface area contributed by atoms with Crippen molar-refractivity contribution >= 4 is 13.7 Å². The van der Waals surface area contributed by atoms with E-state index in [-0.39, 0.29) is 19.1 Å². The maximum Gasteiger partial charge on any atom is 0.472 e. The number of aliphatic hydroxyl groups is 1. The molecular formula is C82H146N2O6P+. The Kier molecular flexibility index (Phi) is 68.3. The van der Waals surface area contributed by atoms with Gasteiger partial charge in [-0.25, -0.2) is 4.57 Å².